The third kappa shape index (κ3) is 3.11. The summed E-state index contributed by atoms with van der Waals surface area (Å²) in [4.78, 5) is 37.5. The summed E-state index contributed by atoms with van der Waals surface area (Å²) in [7, 11) is 0. The molecule has 0 aliphatic carbocycles. The molecule has 0 fully saturated rings. The van der Waals surface area contributed by atoms with Crippen LogP contribution in [0.1, 0.15) is 41.7 Å². The first-order valence-electron chi connectivity index (χ1n) is 8.89. The van der Waals surface area contributed by atoms with E-state index in [1.54, 1.807) is 26.4 Å². The summed E-state index contributed by atoms with van der Waals surface area (Å²) >= 11 is 4.45. The number of thiophene rings is 1. The van der Waals surface area contributed by atoms with Crippen LogP contribution in [0.5, 0.6) is 0 Å². The molecule has 6 nitrogen and oxygen atoms in total. The SMILES string of the molecule is Cc1sc2nc(SCc3cc(=O)n4c(C)csc4n3)n(C(C)C)c(=O)c2c1C. The van der Waals surface area contributed by atoms with Crippen molar-refractivity contribution in [3.63, 3.8) is 0 Å². The number of aromatic nitrogens is 4. The van der Waals surface area contributed by atoms with Crippen molar-refractivity contribution < 1.29 is 0 Å². The Balaban J connectivity index is 1.76. The second-order valence-electron chi connectivity index (χ2n) is 7.00. The first-order valence-corrected chi connectivity index (χ1v) is 11.6. The molecule has 4 aromatic heterocycles. The molecular formula is C19H20N4O2S3. The maximum Gasteiger partial charge on any atom is 0.263 e. The average Bonchev–Trinajstić information content (AvgIpc) is 3.13. The summed E-state index contributed by atoms with van der Waals surface area (Å²) < 4.78 is 3.36. The van der Waals surface area contributed by atoms with Crippen LogP contribution in [0.25, 0.3) is 15.2 Å². The highest BCUT2D eigenvalue weighted by atomic mass is 32.2. The third-order valence-electron chi connectivity index (χ3n) is 4.70. The third-order valence-corrected chi connectivity index (χ3v) is 7.73. The van der Waals surface area contributed by atoms with Crippen molar-refractivity contribution in [3.05, 3.63) is 54.0 Å². The van der Waals surface area contributed by atoms with Crippen LogP contribution in [0.15, 0.2) is 26.2 Å². The Morgan fingerprint density at radius 1 is 1.18 bits per heavy atom. The fourth-order valence-corrected chi connectivity index (χ4v) is 6.14. The van der Waals surface area contributed by atoms with E-state index in [0.29, 0.717) is 27.0 Å². The van der Waals surface area contributed by atoms with E-state index in [4.69, 9.17) is 4.98 Å². The highest BCUT2D eigenvalue weighted by Gasteiger charge is 2.19. The summed E-state index contributed by atoms with van der Waals surface area (Å²) in [6.45, 7) is 9.86. The smallest absolute Gasteiger partial charge is 0.263 e. The first kappa shape index (κ1) is 19.4. The van der Waals surface area contributed by atoms with Gasteiger partial charge in [-0.2, -0.15) is 0 Å². The molecule has 0 N–H and O–H groups in total. The molecule has 0 aliphatic heterocycles. The van der Waals surface area contributed by atoms with Gasteiger partial charge in [-0.15, -0.1) is 22.7 Å². The zero-order valence-corrected chi connectivity index (χ0v) is 18.7. The van der Waals surface area contributed by atoms with Gasteiger partial charge in [-0.25, -0.2) is 9.97 Å². The Hall–Kier alpha value is -1.97. The number of nitrogens with zero attached hydrogens (tertiary/aromatic N) is 4. The molecule has 0 spiro atoms. The number of aryl methyl sites for hydroxylation is 3. The van der Waals surface area contributed by atoms with Crippen molar-refractivity contribution in [1.82, 2.24) is 18.9 Å². The molecule has 4 aromatic rings. The first-order chi connectivity index (χ1) is 13.3. The number of thioether (sulfide) groups is 1. The Morgan fingerprint density at radius 2 is 1.93 bits per heavy atom. The van der Waals surface area contributed by atoms with Gasteiger partial charge in [0.25, 0.3) is 11.1 Å². The van der Waals surface area contributed by atoms with Crippen molar-refractivity contribution in [2.45, 2.75) is 51.6 Å². The molecular weight excluding hydrogens is 412 g/mol. The average molecular weight is 433 g/mol. The molecule has 4 rings (SSSR count). The quantitative estimate of drug-likeness (QED) is 0.355. The zero-order chi connectivity index (χ0) is 20.2. The predicted octanol–water partition coefficient (Wildman–Crippen LogP) is 4.33. The Labute approximate surface area is 173 Å². The van der Waals surface area contributed by atoms with Gasteiger partial charge >= 0.3 is 0 Å². The van der Waals surface area contributed by atoms with Crippen LogP contribution in [0.4, 0.5) is 0 Å². The fourth-order valence-electron chi connectivity index (χ4n) is 3.16. The van der Waals surface area contributed by atoms with Crippen LogP contribution in [0.2, 0.25) is 0 Å². The van der Waals surface area contributed by atoms with Crippen LogP contribution in [0, 0.1) is 20.8 Å². The number of rotatable bonds is 4. The minimum atomic E-state index is -0.0754. The second kappa shape index (κ2) is 7.13. The molecule has 146 valence electrons. The molecule has 0 atom stereocenters. The van der Waals surface area contributed by atoms with Gasteiger partial charge in [-0.3, -0.25) is 18.6 Å². The van der Waals surface area contributed by atoms with Crippen molar-refractivity contribution in [3.8, 4) is 0 Å². The van der Waals surface area contributed by atoms with Gasteiger partial charge in [0, 0.05) is 33.8 Å². The lowest BCUT2D eigenvalue weighted by molar-refractivity contribution is 0.519. The summed E-state index contributed by atoms with van der Waals surface area (Å²) in [6, 6.07) is 1.56. The normalized spacial score (nSPS) is 11.9. The molecule has 0 radical (unpaired) electrons. The largest absolute Gasteiger partial charge is 0.284 e. The van der Waals surface area contributed by atoms with Gasteiger partial charge in [0.2, 0.25) is 0 Å². The highest BCUT2D eigenvalue weighted by Crippen LogP contribution is 2.30. The summed E-state index contributed by atoms with van der Waals surface area (Å²) in [5, 5.41) is 3.30. The fraction of sp³-hybridized carbons (Fsp3) is 0.368. The second-order valence-corrected chi connectivity index (χ2v) is 9.98. The standard InChI is InChI=1S/C19H20N4O2S3/c1-9(2)22-17(25)15-11(4)12(5)28-16(15)21-19(22)27-8-13-6-14(24)23-10(3)7-26-18(23)20-13/h6-7,9H,8H2,1-5H3. The van der Waals surface area contributed by atoms with Gasteiger partial charge in [0.05, 0.1) is 11.1 Å². The van der Waals surface area contributed by atoms with Gasteiger partial charge < -0.3 is 0 Å². The minimum absolute atomic E-state index is 0.00159. The molecule has 0 bridgehead atoms. The van der Waals surface area contributed by atoms with Gasteiger partial charge in [-0.1, -0.05) is 11.8 Å². The van der Waals surface area contributed by atoms with Crippen LogP contribution in [0.3, 0.4) is 0 Å². The Bertz CT molecular complexity index is 1330. The molecule has 0 aliphatic rings. The summed E-state index contributed by atoms with van der Waals surface area (Å²) in [5.41, 5.74) is 2.52. The molecule has 9 heteroatoms. The monoisotopic (exact) mass is 432 g/mol. The minimum Gasteiger partial charge on any atom is -0.284 e. The van der Waals surface area contributed by atoms with E-state index in [1.165, 1.54) is 23.1 Å². The molecule has 4 heterocycles. The van der Waals surface area contributed by atoms with Gasteiger partial charge in [-0.05, 0) is 40.2 Å². The highest BCUT2D eigenvalue weighted by molar-refractivity contribution is 7.98. The molecule has 0 saturated carbocycles. The Morgan fingerprint density at radius 3 is 2.64 bits per heavy atom. The van der Waals surface area contributed by atoms with Gasteiger partial charge in [0.1, 0.15) is 4.83 Å². The number of hydrogen-bond donors (Lipinski definition) is 0. The summed E-state index contributed by atoms with van der Waals surface area (Å²) in [5.74, 6) is 0.483. The van der Waals surface area contributed by atoms with Crippen LogP contribution in [-0.4, -0.2) is 18.9 Å². The van der Waals surface area contributed by atoms with E-state index in [0.717, 1.165) is 21.0 Å². The van der Waals surface area contributed by atoms with Crippen molar-refractivity contribution in [2.75, 3.05) is 0 Å². The van der Waals surface area contributed by atoms with E-state index >= 15 is 0 Å². The topological polar surface area (TPSA) is 69.3 Å². The summed E-state index contributed by atoms with van der Waals surface area (Å²) in [6.07, 6.45) is 0. The lowest BCUT2D eigenvalue weighted by atomic mass is 10.2. The Kier molecular flexibility index (Phi) is 4.93. The number of hydrogen-bond acceptors (Lipinski definition) is 7. The van der Waals surface area contributed by atoms with E-state index in [9.17, 15) is 9.59 Å². The maximum atomic E-state index is 13.1. The molecule has 0 saturated heterocycles. The van der Waals surface area contributed by atoms with Gasteiger partial charge in [0.15, 0.2) is 10.1 Å². The van der Waals surface area contributed by atoms with Crippen LogP contribution < -0.4 is 11.1 Å². The number of fused-ring (bicyclic) bond motifs is 2. The van der Waals surface area contributed by atoms with E-state index in [2.05, 4.69) is 4.98 Å². The lowest BCUT2D eigenvalue weighted by Crippen LogP contribution is -2.25. The van der Waals surface area contributed by atoms with Crippen LogP contribution in [-0.2, 0) is 5.75 Å². The van der Waals surface area contributed by atoms with E-state index in [-0.39, 0.29) is 17.2 Å². The van der Waals surface area contributed by atoms with Crippen molar-refractivity contribution >= 4 is 49.6 Å². The molecule has 0 unspecified atom stereocenters. The lowest BCUT2D eigenvalue weighted by Gasteiger charge is -2.15. The maximum absolute atomic E-state index is 13.1. The van der Waals surface area contributed by atoms with Crippen LogP contribution >= 0.6 is 34.4 Å². The van der Waals surface area contributed by atoms with E-state index in [1.807, 2.05) is 40.0 Å². The zero-order valence-electron chi connectivity index (χ0n) is 16.3. The van der Waals surface area contributed by atoms with E-state index < -0.39 is 0 Å². The molecule has 28 heavy (non-hydrogen) atoms. The molecule has 0 aromatic carbocycles. The van der Waals surface area contributed by atoms with Crippen molar-refractivity contribution in [2.24, 2.45) is 0 Å². The predicted molar refractivity (Wildman–Crippen MR) is 117 cm³/mol. The van der Waals surface area contributed by atoms with Crippen molar-refractivity contribution in [1.29, 1.82) is 0 Å². The number of thiazole rings is 1. The molecule has 0 amide bonds.